The fourth-order valence-corrected chi connectivity index (χ4v) is 3.03. The zero-order chi connectivity index (χ0) is 15.9. The predicted octanol–water partition coefficient (Wildman–Crippen LogP) is 5.38. The monoisotopic (exact) mass is 306 g/mol. The van der Waals surface area contributed by atoms with Crippen molar-refractivity contribution in [2.75, 3.05) is 18.0 Å². The maximum Gasteiger partial charge on any atom is 0.0630 e. The van der Waals surface area contributed by atoms with Crippen molar-refractivity contribution in [3.05, 3.63) is 59.7 Å². The Balaban J connectivity index is 1.60. The first kappa shape index (κ1) is 15.8. The second kappa shape index (κ2) is 7.96. The fourth-order valence-electron chi connectivity index (χ4n) is 3.03. The molecule has 0 aromatic heterocycles. The van der Waals surface area contributed by atoms with Crippen molar-refractivity contribution in [1.82, 2.24) is 0 Å². The molecule has 0 unspecified atom stereocenters. The van der Waals surface area contributed by atoms with E-state index in [2.05, 4.69) is 65.3 Å². The molecule has 3 rings (SSSR count). The first-order valence-electron chi connectivity index (χ1n) is 8.83. The molecule has 0 amide bonds. The van der Waals surface area contributed by atoms with Crippen LogP contribution in [0.2, 0.25) is 0 Å². The quantitative estimate of drug-likeness (QED) is 0.654. The van der Waals surface area contributed by atoms with Gasteiger partial charge in [-0.3, -0.25) is 4.99 Å². The van der Waals surface area contributed by atoms with Crippen molar-refractivity contribution in [2.45, 2.75) is 39.0 Å². The van der Waals surface area contributed by atoms with Crippen LogP contribution in [0.25, 0.3) is 0 Å². The SMILES string of the molecule is CCCCc1ccc(N=Cc2ccc(N3CCCC3)cc2)cc1. The van der Waals surface area contributed by atoms with E-state index in [1.165, 1.54) is 56.4 Å². The third-order valence-corrected chi connectivity index (χ3v) is 4.48. The highest BCUT2D eigenvalue weighted by Gasteiger charge is 2.11. The van der Waals surface area contributed by atoms with Gasteiger partial charge in [-0.15, -0.1) is 0 Å². The minimum atomic E-state index is 1.02. The maximum atomic E-state index is 4.59. The Morgan fingerprint density at radius 2 is 1.65 bits per heavy atom. The van der Waals surface area contributed by atoms with E-state index in [1.807, 2.05) is 6.21 Å². The van der Waals surface area contributed by atoms with E-state index in [-0.39, 0.29) is 0 Å². The van der Waals surface area contributed by atoms with E-state index in [1.54, 1.807) is 0 Å². The van der Waals surface area contributed by atoms with Crippen molar-refractivity contribution in [1.29, 1.82) is 0 Å². The zero-order valence-corrected chi connectivity index (χ0v) is 14.0. The van der Waals surface area contributed by atoms with E-state index in [0.29, 0.717) is 0 Å². The molecule has 1 aliphatic rings. The highest BCUT2D eigenvalue weighted by Crippen LogP contribution is 2.20. The minimum absolute atomic E-state index is 1.02. The topological polar surface area (TPSA) is 15.6 Å². The summed E-state index contributed by atoms with van der Waals surface area (Å²) in [7, 11) is 0. The molecule has 120 valence electrons. The Morgan fingerprint density at radius 1 is 0.957 bits per heavy atom. The second-order valence-electron chi connectivity index (χ2n) is 6.31. The van der Waals surface area contributed by atoms with Crippen LogP contribution in [0.5, 0.6) is 0 Å². The first-order valence-corrected chi connectivity index (χ1v) is 8.83. The van der Waals surface area contributed by atoms with Gasteiger partial charge in [0.15, 0.2) is 0 Å². The van der Waals surface area contributed by atoms with E-state index in [0.717, 1.165) is 11.3 Å². The van der Waals surface area contributed by atoms with Gasteiger partial charge in [0.2, 0.25) is 0 Å². The number of rotatable bonds is 6. The van der Waals surface area contributed by atoms with Crippen LogP contribution in [0.1, 0.15) is 43.7 Å². The lowest BCUT2D eigenvalue weighted by Gasteiger charge is -2.17. The summed E-state index contributed by atoms with van der Waals surface area (Å²) in [4.78, 5) is 7.04. The van der Waals surface area contributed by atoms with Gasteiger partial charge in [0.1, 0.15) is 0 Å². The van der Waals surface area contributed by atoms with Crippen LogP contribution < -0.4 is 4.90 Å². The number of hydrogen-bond donors (Lipinski definition) is 0. The Kier molecular flexibility index (Phi) is 5.46. The molecule has 2 nitrogen and oxygen atoms in total. The molecule has 1 aliphatic heterocycles. The van der Waals surface area contributed by atoms with Crippen molar-refractivity contribution in [3.8, 4) is 0 Å². The number of anilines is 1. The van der Waals surface area contributed by atoms with Gasteiger partial charge in [0.05, 0.1) is 5.69 Å². The molecule has 0 atom stereocenters. The molecule has 23 heavy (non-hydrogen) atoms. The highest BCUT2D eigenvalue weighted by molar-refractivity contribution is 5.82. The van der Waals surface area contributed by atoms with Gasteiger partial charge in [-0.05, 0) is 61.1 Å². The molecule has 0 bridgehead atoms. The van der Waals surface area contributed by atoms with Gasteiger partial charge in [-0.25, -0.2) is 0 Å². The molecule has 0 spiro atoms. The summed E-state index contributed by atoms with van der Waals surface area (Å²) in [6, 6.07) is 17.3. The molecular formula is C21H26N2. The van der Waals surface area contributed by atoms with Gasteiger partial charge in [0.25, 0.3) is 0 Å². The van der Waals surface area contributed by atoms with Gasteiger partial charge >= 0.3 is 0 Å². The average molecular weight is 306 g/mol. The Labute approximate surface area is 139 Å². The largest absolute Gasteiger partial charge is 0.372 e. The molecule has 2 heteroatoms. The number of benzene rings is 2. The molecule has 1 fully saturated rings. The summed E-state index contributed by atoms with van der Waals surface area (Å²) in [6.45, 7) is 4.61. The minimum Gasteiger partial charge on any atom is -0.372 e. The van der Waals surface area contributed by atoms with Crippen LogP contribution in [0.3, 0.4) is 0 Å². The van der Waals surface area contributed by atoms with Crippen LogP contribution in [0.4, 0.5) is 11.4 Å². The van der Waals surface area contributed by atoms with Gasteiger partial charge in [-0.2, -0.15) is 0 Å². The summed E-state index contributed by atoms with van der Waals surface area (Å²) in [6.07, 6.45) is 8.25. The zero-order valence-electron chi connectivity index (χ0n) is 14.0. The van der Waals surface area contributed by atoms with Crippen molar-refractivity contribution < 1.29 is 0 Å². The van der Waals surface area contributed by atoms with Crippen molar-refractivity contribution in [2.24, 2.45) is 4.99 Å². The summed E-state index contributed by atoms with van der Waals surface area (Å²) < 4.78 is 0. The highest BCUT2D eigenvalue weighted by atomic mass is 15.1. The third-order valence-electron chi connectivity index (χ3n) is 4.48. The van der Waals surface area contributed by atoms with E-state index in [4.69, 9.17) is 0 Å². The molecule has 0 saturated carbocycles. The number of aryl methyl sites for hydroxylation is 1. The number of aliphatic imine (C=N–C) groups is 1. The summed E-state index contributed by atoms with van der Waals surface area (Å²) in [5, 5.41) is 0. The number of unbranched alkanes of at least 4 members (excludes halogenated alkanes) is 1. The van der Waals surface area contributed by atoms with Crippen molar-refractivity contribution >= 4 is 17.6 Å². The summed E-state index contributed by atoms with van der Waals surface area (Å²) in [5.41, 5.74) is 4.91. The van der Waals surface area contributed by atoms with Crippen LogP contribution in [0, 0.1) is 0 Å². The molecule has 0 radical (unpaired) electrons. The van der Waals surface area contributed by atoms with Crippen LogP contribution in [-0.2, 0) is 6.42 Å². The van der Waals surface area contributed by atoms with Gasteiger partial charge in [-0.1, -0.05) is 37.6 Å². The molecule has 2 aromatic rings. The standard InChI is InChI=1S/C21H26N2/c1-2-3-6-18-7-11-20(12-8-18)22-17-19-9-13-21(14-10-19)23-15-4-5-16-23/h7-14,17H,2-6,15-16H2,1H3. The smallest absolute Gasteiger partial charge is 0.0630 e. The molecule has 1 heterocycles. The Bertz CT molecular complexity index is 620. The molecule has 2 aromatic carbocycles. The second-order valence-corrected chi connectivity index (χ2v) is 6.31. The van der Waals surface area contributed by atoms with Crippen LogP contribution in [0.15, 0.2) is 53.5 Å². The van der Waals surface area contributed by atoms with E-state index < -0.39 is 0 Å². The number of hydrogen-bond acceptors (Lipinski definition) is 2. The Morgan fingerprint density at radius 3 is 2.30 bits per heavy atom. The first-order chi connectivity index (χ1) is 11.3. The maximum absolute atomic E-state index is 4.59. The average Bonchev–Trinajstić information content (AvgIpc) is 3.14. The third kappa shape index (κ3) is 4.44. The molecule has 0 N–H and O–H groups in total. The normalized spacial score (nSPS) is 14.7. The Hall–Kier alpha value is -2.09. The summed E-state index contributed by atoms with van der Waals surface area (Å²) >= 11 is 0. The molecule has 1 saturated heterocycles. The lowest BCUT2D eigenvalue weighted by atomic mass is 10.1. The lowest BCUT2D eigenvalue weighted by molar-refractivity contribution is 0.795. The fraction of sp³-hybridized carbons (Fsp3) is 0.381. The predicted molar refractivity (Wildman–Crippen MR) is 100 cm³/mol. The molecule has 0 aliphatic carbocycles. The van der Waals surface area contributed by atoms with E-state index in [9.17, 15) is 0 Å². The van der Waals surface area contributed by atoms with Gasteiger partial charge < -0.3 is 4.90 Å². The number of nitrogens with zero attached hydrogens (tertiary/aromatic N) is 2. The van der Waals surface area contributed by atoms with Crippen LogP contribution in [-0.4, -0.2) is 19.3 Å². The van der Waals surface area contributed by atoms with Crippen LogP contribution >= 0.6 is 0 Å². The van der Waals surface area contributed by atoms with E-state index >= 15 is 0 Å². The van der Waals surface area contributed by atoms with Crippen molar-refractivity contribution in [3.63, 3.8) is 0 Å². The van der Waals surface area contributed by atoms with Gasteiger partial charge in [0, 0.05) is 25.0 Å². The molecular weight excluding hydrogens is 280 g/mol. The summed E-state index contributed by atoms with van der Waals surface area (Å²) in [5.74, 6) is 0. The lowest BCUT2D eigenvalue weighted by Crippen LogP contribution is -2.17.